The molecule has 0 atom stereocenters. The van der Waals surface area contributed by atoms with Crippen molar-refractivity contribution in [2.24, 2.45) is 5.41 Å². The molecule has 0 saturated carbocycles. The average molecular weight is 413 g/mol. The van der Waals surface area contributed by atoms with Crippen LogP contribution in [-0.2, 0) is 11.2 Å². The molecule has 0 heterocycles. The van der Waals surface area contributed by atoms with Crippen LogP contribution in [0, 0.1) is 17.3 Å². The molecule has 0 amide bonds. The number of carbonyl (C=O) groups excluding carboxylic acids is 1. The lowest BCUT2D eigenvalue weighted by Crippen LogP contribution is -2.19. The zero-order valence-corrected chi connectivity index (χ0v) is 19.1. The monoisotopic (exact) mass is 412 g/mol. The quantitative estimate of drug-likeness (QED) is 0.390. The number of ether oxygens (including phenoxy) is 1. The number of benzene rings is 2. The van der Waals surface area contributed by atoms with Crippen LogP contribution in [0.15, 0.2) is 66.3 Å². The largest absolute Gasteiger partial charge is 0.462 e. The van der Waals surface area contributed by atoms with Crippen molar-refractivity contribution in [3.05, 3.63) is 88.5 Å². The number of hydrogen-bond acceptors (Lipinski definition) is 2. The summed E-state index contributed by atoms with van der Waals surface area (Å²) in [5.74, 6) is 6.04. The molecule has 0 aromatic heterocycles. The summed E-state index contributed by atoms with van der Waals surface area (Å²) in [5, 5.41) is 0. The molecular weight excluding hydrogens is 380 g/mol. The Morgan fingerprint density at radius 3 is 2.42 bits per heavy atom. The summed E-state index contributed by atoms with van der Waals surface area (Å²) in [7, 11) is 0. The zero-order valence-electron chi connectivity index (χ0n) is 19.1. The number of aryl methyl sites for hydroxylation is 1. The fourth-order valence-corrected chi connectivity index (χ4v) is 4.11. The zero-order chi connectivity index (χ0) is 22.3. The maximum absolute atomic E-state index is 11.8. The molecule has 0 bridgehead atoms. The highest BCUT2D eigenvalue weighted by Gasteiger charge is 2.28. The lowest BCUT2D eigenvalue weighted by molar-refractivity contribution is 0.0526. The summed E-state index contributed by atoms with van der Waals surface area (Å²) in [6, 6.07) is 16.2. The first-order valence-corrected chi connectivity index (χ1v) is 11.2. The van der Waals surface area contributed by atoms with Crippen LogP contribution in [0.3, 0.4) is 0 Å². The third kappa shape index (κ3) is 5.76. The van der Waals surface area contributed by atoms with Gasteiger partial charge in [-0.15, -0.1) is 0 Å². The second-order valence-corrected chi connectivity index (χ2v) is 8.58. The maximum Gasteiger partial charge on any atom is 0.338 e. The van der Waals surface area contributed by atoms with Crippen LogP contribution in [-0.4, -0.2) is 12.6 Å². The summed E-state index contributed by atoms with van der Waals surface area (Å²) in [6.07, 6.45) is 8.73. The normalized spacial score (nSPS) is 15.5. The van der Waals surface area contributed by atoms with Gasteiger partial charge in [0.15, 0.2) is 0 Å². The van der Waals surface area contributed by atoms with Gasteiger partial charge in [0.2, 0.25) is 0 Å². The van der Waals surface area contributed by atoms with Crippen LogP contribution >= 0.6 is 0 Å². The molecule has 1 aliphatic carbocycles. The van der Waals surface area contributed by atoms with Gasteiger partial charge in [-0.05, 0) is 96.7 Å². The topological polar surface area (TPSA) is 26.3 Å². The summed E-state index contributed by atoms with van der Waals surface area (Å²) >= 11 is 0. The molecular formula is C29H32O2. The first-order valence-electron chi connectivity index (χ1n) is 11.2. The van der Waals surface area contributed by atoms with Gasteiger partial charge >= 0.3 is 5.97 Å². The summed E-state index contributed by atoms with van der Waals surface area (Å²) < 4.78 is 5.02. The highest BCUT2D eigenvalue weighted by atomic mass is 16.5. The first kappa shape index (κ1) is 22.6. The fraction of sp³-hybridized carbons (Fsp3) is 0.345. The molecule has 31 heavy (non-hydrogen) atoms. The van der Waals surface area contributed by atoms with Crippen LogP contribution in [0.25, 0.3) is 5.57 Å². The lowest BCUT2D eigenvalue weighted by Gasteiger charge is -2.34. The van der Waals surface area contributed by atoms with Crippen LogP contribution < -0.4 is 0 Å². The van der Waals surface area contributed by atoms with E-state index in [-0.39, 0.29) is 11.4 Å². The van der Waals surface area contributed by atoms with Gasteiger partial charge in [0.25, 0.3) is 0 Å². The Kier molecular flexibility index (Phi) is 7.53. The smallest absolute Gasteiger partial charge is 0.338 e. The van der Waals surface area contributed by atoms with E-state index < -0.39 is 0 Å². The first-order chi connectivity index (χ1) is 14.9. The van der Waals surface area contributed by atoms with E-state index in [1.54, 1.807) is 19.1 Å². The van der Waals surface area contributed by atoms with Gasteiger partial charge in [-0.3, -0.25) is 0 Å². The Bertz CT molecular complexity index is 1020. The second kappa shape index (κ2) is 10.3. The fourth-order valence-electron chi connectivity index (χ4n) is 4.11. The molecule has 0 fully saturated rings. The van der Waals surface area contributed by atoms with E-state index in [1.807, 2.05) is 18.2 Å². The summed E-state index contributed by atoms with van der Waals surface area (Å²) in [4.78, 5) is 11.8. The van der Waals surface area contributed by atoms with E-state index in [1.165, 1.54) is 35.1 Å². The number of allylic oxidation sites excluding steroid dienone is 4. The third-order valence-corrected chi connectivity index (χ3v) is 5.94. The molecule has 3 rings (SSSR count). The van der Waals surface area contributed by atoms with Gasteiger partial charge in [-0.1, -0.05) is 56.9 Å². The Morgan fingerprint density at radius 1 is 1.06 bits per heavy atom. The molecule has 2 heteroatoms. The van der Waals surface area contributed by atoms with Gasteiger partial charge < -0.3 is 4.74 Å². The maximum atomic E-state index is 11.8. The van der Waals surface area contributed by atoms with Crippen molar-refractivity contribution in [2.75, 3.05) is 6.61 Å². The number of esters is 1. The molecule has 160 valence electrons. The van der Waals surface area contributed by atoms with Crippen molar-refractivity contribution < 1.29 is 9.53 Å². The summed E-state index contributed by atoms with van der Waals surface area (Å²) in [5.41, 5.74) is 7.09. The molecule has 1 aliphatic rings. The standard InChI is InChI=1S/C29H32O2/c1-5-22-13-17-24(18-14-22)26-11-9-21-29(3,4)27(26)12-8-7-10-23-15-19-25(20-16-23)28(30)31-6-2/h8,12-20H,5-6,9,11,21H2,1-4H3/b12-8+. The molecule has 0 radical (unpaired) electrons. The summed E-state index contributed by atoms with van der Waals surface area (Å²) in [6.45, 7) is 9.03. The van der Waals surface area contributed by atoms with E-state index in [0.717, 1.165) is 18.4 Å². The van der Waals surface area contributed by atoms with Crippen molar-refractivity contribution in [1.82, 2.24) is 0 Å². The Morgan fingerprint density at radius 2 is 1.77 bits per heavy atom. The minimum Gasteiger partial charge on any atom is -0.462 e. The molecule has 0 aliphatic heterocycles. The molecule has 0 saturated heterocycles. The molecule has 2 aromatic carbocycles. The number of rotatable bonds is 5. The van der Waals surface area contributed by atoms with Crippen molar-refractivity contribution in [1.29, 1.82) is 0 Å². The number of carbonyl (C=O) groups is 1. The van der Waals surface area contributed by atoms with Crippen molar-refractivity contribution in [3.8, 4) is 11.8 Å². The molecule has 0 N–H and O–H groups in total. The Labute approximate surface area is 187 Å². The minimum atomic E-state index is -0.298. The minimum absolute atomic E-state index is 0.135. The van der Waals surface area contributed by atoms with Gasteiger partial charge in [0.1, 0.15) is 0 Å². The van der Waals surface area contributed by atoms with Gasteiger partial charge in [0.05, 0.1) is 12.2 Å². The van der Waals surface area contributed by atoms with Gasteiger partial charge in [-0.2, -0.15) is 0 Å². The van der Waals surface area contributed by atoms with Gasteiger partial charge in [0, 0.05) is 5.56 Å². The third-order valence-electron chi connectivity index (χ3n) is 5.94. The van der Waals surface area contributed by atoms with E-state index in [2.05, 4.69) is 63.0 Å². The predicted octanol–water partition coefficient (Wildman–Crippen LogP) is 7.00. The SMILES string of the molecule is CCOC(=O)c1ccc(C#C/C=C/C2=C(c3ccc(CC)cc3)CCCC2(C)C)cc1. The molecule has 2 nitrogen and oxygen atoms in total. The van der Waals surface area contributed by atoms with E-state index in [9.17, 15) is 4.79 Å². The molecule has 0 unspecified atom stereocenters. The van der Waals surface area contributed by atoms with Crippen LogP contribution in [0.2, 0.25) is 0 Å². The Hall–Kier alpha value is -3.05. The van der Waals surface area contributed by atoms with Crippen molar-refractivity contribution >= 4 is 11.5 Å². The van der Waals surface area contributed by atoms with E-state index in [4.69, 9.17) is 4.74 Å². The Balaban J connectivity index is 1.82. The highest BCUT2D eigenvalue weighted by molar-refractivity contribution is 5.89. The van der Waals surface area contributed by atoms with E-state index in [0.29, 0.717) is 12.2 Å². The highest BCUT2D eigenvalue weighted by Crippen LogP contribution is 2.44. The second-order valence-electron chi connectivity index (χ2n) is 8.58. The molecule has 0 spiro atoms. The van der Waals surface area contributed by atoms with Crippen molar-refractivity contribution in [2.45, 2.75) is 53.4 Å². The number of hydrogen-bond donors (Lipinski definition) is 0. The van der Waals surface area contributed by atoms with Crippen molar-refractivity contribution in [3.63, 3.8) is 0 Å². The van der Waals surface area contributed by atoms with E-state index >= 15 is 0 Å². The van der Waals surface area contributed by atoms with Crippen LogP contribution in [0.1, 0.15) is 74.0 Å². The van der Waals surface area contributed by atoms with Crippen LogP contribution in [0.5, 0.6) is 0 Å². The average Bonchev–Trinajstić information content (AvgIpc) is 2.77. The predicted molar refractivity (Wildman–Crippen MR) is 129 cm³/mol. The van der Waals surface area contributed by atoms with Crippen LogP contribution in [0.4, 0.5) is 0 Å². The van der Waals surface area contributed by atoms with Gasteiger partial charge in [-0.25, -0.2) is 4.79 Å². The lowest BCUT2D eigenvalue weighted by atomic mass is 9.71. The molecule has 2 aromatic rings.